The first-order valence-electron chi connectivity index (χ1n) is 21.9. The smallest absolute Gasteiger partial charge is 0.117 e. The molecule has 0 N–H and O–H groups in total. The Bertz CT molecular complexity index is 3100. The van der Waals surface area contributed by atoms with Gasteiger partial charge in [0.05, 0.1) is 0 Å². The third-order valence-electron chi connectivity index (χ3n) is 14.0. The summed E-state index contributed by atoms with van der Waals surface area (Å²) < 4.78 is 0. The van der Waals surface area contributed by atoms with E-state index in [-0.39, 0.29) is 0 Å². The fourth-order valence-electron chi connectivity index (χ4n) is 10.9. The summed E-state index contributed by atoms with van der Waals surface area (Å²) in [4.78, 5) is 4.94. The van der Waals surface area contributed by atoms with Crippen molar-refractivity contribution in [3.63, 3.8) is 0 Å². The van der Waals surface area contributed by atoms with Gasteiger partial charge < -0.3 is 9.80 Å². The Morgan fingerprint density at radius 3 is 0.935 bits per heavy atom. The maximum absolute atomic E-state index is 2.48. The number of fused-ring (bicyclic) bond motifs is 9. The number of anilines is 6. The first kappa shape index (κ1) is 36.8. The van der Waals surface area contributed by atoms with Crippen LogP contribution in [-0.4, -0.2) is 16.1 Å². The summed E-state index contributed by atoms with van der Waals surface area (Å²) in [7, 11) is -3.72. The van der Waals surface area contributed by atoms with Gasteiger partial charge in [-0.1, -0.05) is 172 Å². The van der Waals surface area contributed by atoms with Crippen LogP contribution in [0.1, 0.15) is 0 Å². The number of hydrogen-bond donors (Lipinski definition) is 0. The third kappa shape index (κ3) is 5.40. The lowest BCUT2D eigenvalue weighted by molar-refractivity contribution is 1.29. The molecule has 0 amide bonds. The van der Waals surface area contributed by atoms with E-state index in [4.69, 9.17) is 0 Å². The summed E-state index contributed by atoms with van der Waals surface area (Å²) in [5.74, 6) is 0. The Labute approximate surface area is 366 Å². The van der Waals surface area contributed by atoms with E-state index in [1.165, 1.54) is 109 Å². The van der Waals surface area contributed by atoms with Gasteiger partial charge in [0.15, 0.2) is 0 Å². The molecule has 0 unspecified atom stereocenters. The summed E-state index contributed by atoms with van der Waals surface area (Å²) in [6, 6.07) is 77.5. The summed E-state index contributed by atoms with van der Waals surface area (Å²) in [5, 5.41) is 13.6. The van der Waals surface area contributed by atoms with E-state index in [2.05, 4.69) is 242 Å². The molecule has 0 radical (unpaired) electrons. The molecule has 2 nitrogen and oxygen atoms in total. The Kier molecular flexibility index (Phi) is 8.18. The average molecular weight is 827 g/mol. The second kappa shape index (κ2) is 13.8. The fourth-order valence-corrected chi connectivity index (χ4v) is 16.9. The molecular weight excluding hydrogens is 781 g/mol. The van der Waals surface area contributed by atoms with Gasteiger partial charge in [-0.15, -0.1) is 0 Å². The first-order valence-corrected chi connectivity index (χ1v) is 27.9. The fraction of sp³-hybridized carbons (Fsp3) is 0.0690. The molecule has 0 fully saturated rings. The predicted octanol–water partition coefficient (Wildman–Crippen LogP) is 13.7. The van der Waals surface area contributed by atoms with Crippen LogP contribution in [-0.2, 0) is 0 Å². The van der Waals surface area contributed by atoms with Crippen LogP contribution < -0.4 is 30.5 Å². The molecule has 10 aromatic rings. The van der Waals surface area contributed by atoms with Crippen molar-refractivity contribution >= 4 is 103 Å². The van der Waals surface area contributed by atoms with E-state index >= 15 is 0 Å². The van der Waals surface area contributed by atoms with Gasteiger partial charge in [0.1, 0.15) is 16.1 Å². The van der Waals surface area contributed by atoms with Crippen molar-refractivity contribution in [3.8, 4) is 22.3 Å². The number of hydrogen-bond acceptors (Lipinski definition) is 2. The Balaban J connectivity index is 0.984. The lowest BCUT2D eigenvalue weighted by Crippen LogP contribution is -2.58. The first-order chi connectivity index (χ1) is 30.3. The van der Waals surface area contributed by atoms with Crippen molar-refractivity contribution < 1.29 is 0 Å². The zero-order valence-corrected chi connectivity index (χ0v) is 37.5. The lowest BCUT2D eigenvalue weighted by Gasteiger charge is -2.41. The van der Waals surface area contributed by atoms with Crippen molar-refractivity contribution in [1.82, 2.24) is 0 Å². The highest BCUT2D eigenvalue weighted by Crippen LogP contribution is 2.45. The van der Waals surface area contributed by atoms with E-state index in [0.29, 0.717) is 0 Å². The monoisotopic (exact) mass is 826 g/mol. The molecule has 62 heavy (non-hydrogen) atoms. The van der Waals surface area contributed by atoms with Gasteiger partial charge >= 0.3 is 0 Å². The molecule has 10 aromatic carbocycles. The molecule has 4 heteroatoms. The van der Waals surface area contributed by atoms with Crippen LogP contribution in [0.15, 0.2) is 206 Å². The molecule has 0 aromatic heterocycles. The molecule has 2 aliphatic rings. The molecule has 0 saturated carbocycles. The van der Waals surface area contributed by atoms with Crippen molar-refractivity contribution in [2.75, 3.05) is 9.80 Å². The minimum absolute atomic E-state index is 1.18. The quantitative estimate of drug-likeness (QED) is 0.129. The molecule has 0 aliphatic carbocycles. The van der Waals surface area contributed by atoms with Crippen LogP contribution in [0, 0.1) is 0 Å². The Morgan fingerprint density at radius 1 is 0.306 bits per heavy atom. The molecule has 12 rings (SSSR count). The van der Waals surface area contributed by atoms with Crippen LogP contribution in [0.3, 0.4) is 0 Å². The van der Waals surface area contributed by atoms with Gasteiger partial charge in [0, 0.05) is 34.1 Å². The summed E-state index contributed by atoms with van der Waals surface area (Å²) in [6.45, 7) is 9.93. The molecule has 0 atom stereocenters. The molecular formula is C58H46N2Si2. The van der Waals surface area contributed by atoms with Gasteiger partial charge in [-0.3, -0.25) is 0 Å². The van der Waals surface area contributed by atoms with Crippen molar-refractivity contribution in [2.24, 2.45) is 0 Å². The lowest BCUT2D eigenvalue weighted by atomic mass is 9.87. The highest BCUT2D eigenvalue weighted by atomic mass is 28.3. The summed E-state index contributed by atoms with van der Waals surface area (Å²) in [5.41, 5.74) is 12.5. The van der Waals surface area contributed by atoms with Crippen molar-refractivity contribution in [3.05, 3.63) is 206 Å². The third-order valence-corrected chi connectivity index (χ3v) is 21.1. The Hall–Kier alpha value is -6.99. The largest absolute Gasteiger partial charge is 0.311 e. The number of benzene rings is 10. The van der Waals surface area contributed by atoms with Gasteiger partial charge in [-0.25, -0.2) is 0 Å². The van der Waals surface area contributed by atoms with Gasteiger partial charge in [-0.2, -0.15) is 0 Å². The summed E-state index contributed by atoms with van der Waals surface area (Å²) >= 11 is 0. The zero-order chi connectivity index (χ0) is 41.7. The van der Waals surface area contributed by atoms with Crippen LogP contribution in [0.25, 0.3) is 54.6 Å². The van der Waals surface area contributed by atoms with E-state index < -0.39 is 16.1 Å². The SMILES string of the molecule is C[Si]1(C)c2ccccc2N(c2ccc(-c3cc4cc(-c5ccc(N6c7ccccc7[Si](C)(C)c7ccccc76)cc5)c5ccccc5c4c4ccccc34)cc2)c2ccccc21. The predicted molar refractivity (Wildman–Crippen MR) is 273 cm³/mol. The van der Waals surface area contributed by atoms with Crippen molar-refractivity contribution in [1.29, 1.82) is 0 Å². The topological polar surface area (TPSA) is 6.48 Å². The second-order valence-electron chi connectivity index (χ2n) is 18.1. The van der Waals surface area contributed by atoms with Gasteiger partial charge in [-0.05, 0) is 136 Å². The van der Waals surface area contributed by atoms with Gasteiger partial charge in [0.25, 0.3) is 0 Å². The van der Waals surface area contributed by atoms with E-state index in [0.717, 1.165) is 0 Å². The van der Waals surface area contributed by atoms with Crippen LogP contribution in [0.4, 0.5) is 34.1 Å². The molecule has 296 valence electrons. The van der Waals surface area contributed by atoms with E-state index in [9.17, 15) is 0 Å². The number of para-hydroxylation sites is 4. The number of nitrogens with zero attached hydrogens (tertiary/aromatic N) is 2. The molecule has 2 heterocycles. The highest BCUT2D eigenvalue weighted by molar-refractivity contribution is 7.03. The minimum Gasteiger partial charge on any atom is -0.311 e. The minimum atomic E-state index is -1.86. The zero-order valence-electron chi connectivity index (χ0n) is 35.5. The normalized spacial score (nSPS) is 14.6. The maximum Gasteiger partial charge on any atom is 0.117 e. The van der Waals surface area contributed by atoms with Crippen LogP contribution >= 0.6 is 0 Å². The molecule has 0 bridgehead atoms. The summed E-state index contributed by atoms with van der Waals surface area (Å²) in [6.07, 6.45) is 0. The highest BCUT2D eigenvalue weighted by Gasteiger charge is 2.39. The molecule has 2 aliphatic heterocycles. The van der Waals surface area contributed by atoms with Gasteiger partial charge in [0.2, 0.25) is 0 Å². The van der Waals surface area contributed by atoms with Crippen LogP contribution in [0.5, 0.6) is 0 Å². The van der Waals surface area contributed by atoms with E-state index in [1.54, 1.807) is 0 Å². The molecule has 0 spiro atoms. The van der Waals surface area contributed by atoms with Crippen LogP contribution in [0.2, 0.25) is 26.2 Å². The van der Waals surface area contributed by atoms with Crippen molar-refractivity contribution in [2.45, 2.75) is 26.2 Å². The Morgan fingerprint density at radius 2 is 0.597 bits per heavy atom. The number of rotatable bonds is 4. The average Bonchev–Trinajstić information content (AvgIpc) is 3.32. The molecule has 0 saturated heterocycles. The standard InChI is InChI=1S/C58H46N2Si2/c1-61(2)54-25-13-9-21-50(54)59(51-22-10-14-26-55(51)61)42-33-29-39(30-34-42)48-37-41-38-49(45-18-6-8-20-47(45)58(41)46-19-7-5-17-44(46)48)40-31-35-43(36-32-40)60-52-23-11-15-27-56(52)62(3,4)57-28-16-12-24-53(57)60/h5-38H,1-4H3. The maximum atomic E-state index is 2.48. The second-order valence-corrected chi connectivity index (χ2v) is 26.8. The van der Waals surface area contributed by atoms with E-state index in [1.807, 2.05) is 0 Å².